The van der Waals surface area contributed by atoms with Crippen molar-refractivity contribution < 1.29 is 9.47 Å². The van der Waals surface area contributed by atoms with Crippen LogP contribution in [0.15, 0.2) is 29.3 Å². The predicted molar refractivity (Wildman–Crippen MR) is 113 cm³/mol. The summed E-state index contributed by atoms with van der Waals surface area (Å²) in [4.78, 5) is 4.91. The van der Waals surface area contributed by atoms with Gasteiger partial charge in [-0.05, 0) is 57.2 Å². The lowest BCUT2D eigenvalue weighted by Gasteiger charge is -2.36. The zero-order chi connectivity index (χ0) is 19.4. The normalized spacial score (nSPS) is 16.9. The van der Waals surface area contributed by atoms with Gasteiger partial charge < -0.3 is 20.1 Å². The highest BCUT2D eigenvalue weighted by molar-refractivity contribution is 6.30. The number of aliphatic imine (C=N–C) groups is 1. The average molecular weight is 396 g/mol. The molecule has 1 aromatic carbocycles. The predicted octanol–water partition coefficient (Wildman–Crippen LogP) is 3.76. The van der Waals surface area contributed by atoms with Crippen molar-refractivity contribution in [3.05, 3.63) is 34.9 Å². The van der Waals surface area contributed by atoms with E-state index in [1.165, 1.54) is 5.56 Å². The minimum atomic E-state index is -0.0134. The Balaban J connectivity index is 2.00. The molecule has 0 aromatic heterocycles. The number of benzene rings is 1. The molecule has 0 bridgehead atoms. The first-order chi connectivity index (χ1) is 13.2. The van der Waals surface area contributed by atoms with Crippen LogP contribution in [0.1, 0.15) is 45.1 Å². The minimum absolute atomic E-state index is 0.0134. The third-order valence-electron chi connectivity index (χ3n) is 4.98. The van der Waals surface area contributed by atoms with E-state index in [1.54, 1.807) is 0 Å². The van der Waals surface area contributed by atoms with Gasteiger partial charge in [-0.3, -0.25) is 4.99 Å². The van der Waals surface area contributed by atoms with Crippen molar-refractivity contribution >= 4 is 17.6 Å². The number of guanidine groups is 1. The van der Waals surface area contributed by atoms with E-state index in [-0.39, 0.29) is 5.41 Å². The van der Waals surface area contributed by atoms with Crippen LogP contribution < -0.4 is 10.6 Å². The fourth-order valence-electron chi connectivity index (χ4n) is 3.37. The molecule has 6 heteroatoms. The zero-order valence-corrected chi connectivity index (χ0v) is 17.5. The lowest BCUT2D eigenvalue weighted by atomic mass is 9.74. The van der Waals surface area contributed by atoms with Gasteiger partial charge in [0.05, 0.1) is 6.54 Å². The van der Waals surface area contributed by atoms with E-state index in [2.05, 4.69) is 29.7 Å². The van der Waals surface area contributed by atoms with Crippen LogP contribution in [-0.2, 0) is 14.9 Å². The highest BCUT2D eigenvalue weighted by Crippen LogP contribution is 2.36. The second-order valence-electron chi connectivity index (χ2n) is 6.93. The van der Waals surface area contributed by atoms with Crippen molar-refractivity contribution in [1.82, 2.24) is 10.6 Å². The van der Waals surface area contributed by atoms with Crippen LogP contribution in [-0.4, -0.2) is 52.0 Å². The number of hydrogen-bond acceptors (Lipinski definition) is 3. The van der Waals surface area contributed by atoms with Crippen molar-refractivity contribution in [3.8, 4) is 0 Å². The van der Waals surface area contributed by atoms with Gasteiger partial charge in [0.1, 0.15) is 0 Å². The molecule has 2 rings (SSSR count). The molecule has 0 atom stereocenters. The number of unbranched alkanes of at least 4 members (excludes halogenated alkanes) is 1. The fourth-order valence-corrected chi connectivity index (χ4v) is 3.56. The second kappa shape index (κ2) is 12.2. The molecule has 0 aliphatic carbocycles. The largest absolute Gasteiger partial charge is 0.382 e. The van der Waals surface area contributed by atoms with Crippen molar-refractivity contribution in [2.45, 2.75) is 44.9 Å². The Bertz CT molecular complexity index is 574. The molecule has 1 heterocycles. The smallest absolute Gasteiger partial charge is 0.191 e. The molecule has 1 aromatic rings. The molecule has 1 aliphatic rings. The SMILES string of the molecule is CCNC(=NCC1(c2cccc(Cl)c2)CCOCC1)NCCCCOCC. The molecular formula is C21H34ClN3O2. The summed E-state index contributed by atoms with van der Waals surface area (Å²) in [6, 6.07) is 8.20. The third-order valence-corrected chi connectivity index (χ3v) is 5.22. The van der Waals surface area contributed by atoms with Crippen LogP contribution in [0.2, 0.25) is 5.02 Å². The molecule has 0 spiro atoms. The average Bonchev–Trinajstić information content (AvgIpc) is 2.69. The number of hydrogen-bond donors (Lipinski definition) is 2. The minimum Gasteiger partial charge on any atom is -0.382 e. The number of ether oxygens (including phenoxy) is 2. The van der Waals surface area contributed by atoms with E-state index >= 15 is 0 Å². The van der Waals surface area contributed by atoms with Gasteiger partial charge in [-0.2, -0.15) is 0 Å². The quantitative estimate of drug-likeness (QED) is 0.360. The van der Waals surface area contributed by atoms with Gasteiger partial charge in [0.2, 0.25) is 0 Å². The highest BCUT2D eigenvalue weighted by Gasteiger charge is 2.34. The lowest BCUT2D eigenvalue weighted by Crippen LogP contribution is -2.41. The first-order valence-corrected chi connectivity index (χ1v) is 10.5. The van der Waals surface area contributed by atoms with E-state index < -0.39 is 0 Å². The molecule has 27 heavy (non-hydrogen) atoms. The van der Waals surface area contributed by atoms with E-state index in [0.29, 0.717) is 0 Å². The molecule has 1 fully saturated rings. The monoisotopic (exact) mass is 395 g/mol. The second-order valence-corrected chi connectivity index (χ2v) is 7.37. The fraction of sp³-hybridized carbons (Fsp3) is 0.667. The topological polar surface area (TPSA) is 54.9 Å². The molecule has 152 valence electrons. The van der Waals surface area contributed by atoms with Gasteiger partial charge in [0.25, 0.3) is 0 Å². The number of halogens is 1. The molecular weight excluding hydrogens is 362 g/mol. The standard InChI is InChI=1S/C21H34ClN3O2/c1-3-23-20(24-12-5-6-13-26-4-2)25-17-21(10-14-27-15-11-21)18-8-7-9-19(22)16-18/h7-9,16H,3-6,10-15,17H2,1-2H3,(H2,23,24,25). The van der Waals surface area contributed by atoms with Crippen LogP contribution in [0, 0.1) is 0 Å². The summed E-state index contributed by atoms with van der Waals surface area (Å²) in [6.45, 7) is 9.73. The van der Waals surface area contributed by atoms with Crippen molar-refractivity contribution in [2.75, 3.05) is 46.1 Å². The van der Waals surface area contributed by atoms with Gasteiger partial charge in [0, 0.05) is 50.0 Å². The Morgan fingerprint density at radius 2 is 2.04 bits per heavy atom. The maximum atomic E-state index is 6.26. The highest BCUT2D eigenvalue weighted by atomic mass is 35.5. The summed E-state index contributed by atoms with van der Waals surface area (Å²) in [6.07, 6.45) is 4.05. The van der Waals surface area contributed by atoms with Crippen LogP contribution in [0.4, 0.5) is 0 Å². The third kappa shape index (κ3) is 7.32. The van der Waals surface area contributed by atoms with E-state index in [9.17, 15) is 0 Å². The molecule has 0 amide bonds. The zero-order valence-electron chi connectivity index (χ0n) is 16.7. The van der Waals surface area contributed by atoms with Gasteiger partial charge in [-0.1, -0.05) is 23.7 Å². The van der Waals surface area contributed by atoms with Crippen LogP contribution in [0.3, 0.4) is 0 Å². The van der Waals surface area contributed by atoms with Crippen molar-refractivity contribution in [1.29, 1.82) is 0 Å². The Morgan fingerprint density at radius 1 is 1.22 bits per heavy atom. The van der Waals surface area contributed by atoms with Crippen LogP contribution in [0.25, 0.3) is 0 Å². The first-order valence-electron chi connectivity index (χ1n) is 10.1. The number of nitrogens with zero attached hydrogens (tertiary/aromatic N) is 1. The number of nitrogens with one attached hydrogen (secondary N) is 2. The van der Waals surface area contributed by atoms with E-state index in [1.807, 2.05) is 19.1 Å². The maximum Gasteiger partial charge on any atom is 0.191 e. The molecule has 0 saturated carbocycles. The molecule has 0 unspecified atom stereocenters. The molecule has 1 saturated heterocycles. The summed E-state index contributed by atoms with van der Waals surface area (Å²) in [5, 5.41) is 7.58. The van der Waals surface area contributed by atoms with Crippen molar-refractivity contribution in [3.63, 3.8) is 0 Å². The Labute approximate surface area is 168 Å². The molecule has 0 radical (unpaired) electrons. The number of rotatable bonds is 10. The Hall–Kier alpha value is -1.30. The van der Waals surface area contributed by atoms with Crippen LogP contribution >= 0.6 is 11.6 Å². The van der Waals surface area contributed by atoms with Crippen LogP contribution in [0.5, 0.6) is 0 Å². The van der Waals surface area contributed by atoms with Gasteiger partial charge in [-0.25, -0.2) is 0 Å². The van der Waals surface area contributed by atoms with Gasteiger partial charge >= 0.3 is 0 Å². The first kappa shape index (κ1) is 22.0. The molecule has 5 nitrogen and oxygen atoms in total. The summed E-state index contributed by atoms with van der Waals surface area (Å²) >= 11 is 6.26. The summed E-state index contributed by atoms with van der Waals surface area (Å²) in [5.74, 6) is 0.877. The molecule has 1 aliphatic heterocycles. The Morgan fingerprint density at radius 3 is 2.74 bits per heavy atom. The Kier molecular flexibility index (Phi) is 9.95. The summed E-state index contributed by atoms with van der Waals surface area (Å²) in [7, 11) is 0. The van der Waals surface area contributed by atoms with E-state index in [4.69, 9.17) is 26.1 Å². The van der Waals surface area contributed by atoms with Crippen molar-refractivity contribution in [2.24, 2.45) is 4.99 Å². The maximum absolute atomic E-state index is 6.26. The summed E-state index contributed by atoms with van der Waals surface area (Å²) < 4.78 is 11.0. The van der Waals surface area contributed by atoms with Gasteiger partial charge in [0.15, 0.2) is 5.96 Å². The van der Waals surface area contributed by atoms with E-state index in [0.717, 1.165) is 82.7 Å². The summed E-state index contributed by atoms with van der Waals surface area (Å²) in [5.41, 5.74) is 1.25. The molecule has 2 N–H and O–H groups in total. The van der Waals surface area contributed by atoms with Gasteiger partial charge in [-0.15, -0.1) is 0 Å². The lowest BCUT2D eigenvalue weighted by molar-refractivity contribution is 0.0531.